The molecule has 0 aliphatic carbocycles. The van der Waals surface area contributed by atoms with Gasteiger partial charge in [-0.15, -0.1) is 0 Å². The lowest BCUT2D eigenvalue weighted by atomic mass is 10.1. The standard InChI is InChI=1S/C20H24ClN5O2/c1-14-6-7-22-20(23-14)26-12-17(18(27)13-26)24-8-10-25(11-9-24)19(28)15-2-4-16(21)5-3-15/h2-7,17-18,27H,8-13H2,1H3/t17-,18-/m0/s1. The Balaban J connectivity index is 1.36. The number of aryl methyl sites for hydroxylation is 1. The molecule has 3 heterocycles. The molecule has 0 spiro atoms. The third-order valence-corrected chi connectivity index (χ3v) is 5.74. The number of aromatic nitrogens is 2. The lowest BCUT2D eigenvalue weighted by Crippen LogP contribution is -2.54. The number of β-amino-alcohol motifs (C(OH)–C–C–N with tert-alkyl or cyclic N) is 1. The van der Waals surface area contributed by atoms with Crippen molar-refractivity contribution in [1.82, 2.24) is 19.8 Å². The minimum atomic E-state index is -0.456. The van der Waals surface area contributed by atoms with Crippen LogP contribution >= 0.6 is 11.6 Å². The number of piperazine rings is 1. The summed E-state index contributed by atoms with van der Waals surface area (Å²) in [6, 6.07) is 8.89. The quantitative estimate of drug-likeness (QED) is 0.839. The molecule has 1 aromatic heterocycles. The van der Waals surface area contributed by atoms with Gasteiger partial charge in [0.25, 0.3) is 5.91 Å². The third kappa shape index (κ3) is 3.97. The van der Waals surface area contributed by atoms with Gasteiger partial charge in [-0.1, -0.05) is 11.6 Å². The van der Waals surface area contributed by atoms with Crippen molar-refractivity contribution in [2.24, 2.45) is 0 Å². The molecule has 0 bridgehead atoms. The molecule has 1 aromatic carbocycles. The average molecular weight is 402 g/mol. The van der Waals surface area contributed by atoms with Crippen molar-refractivity contribution < 1.29 is 9.90 Å². The van der Waals surface area contributed by atoms with Crippen LogP contribution in [-0.2, 0) is 0 Å². The Bertz CT molecular complexity index is 839. The van der Waals surface area contributed by atoms with Gasteiger partial charge in [0, 0.05) is 61.7 Å². The van der Waals surface area contributed by atoms with E-state index in [1.54, 1.807) is 30.5 Å². The molecule has 4 rings (SSSR count). The van der Waals surface area contributed by atoms with Gasteiger partial charge in [-0.3, -0.25) is 9.69 Å². The molecular formula is C20H24ClN5O2. The number of benzene rings is 1. The van der Waals surface area contributed by atoms with Gasteiger partial charge in [0.15, 0.2) is 0 Å². The van der Waals surface area contributed by atoms with Crippen LogP contribution in [0.4, 0.5) is 5.95 Å². The van der Waals surface area contributed by atoms with Crippen LogP contribution in [-0.4, -0.2) is 82.2 Å². The summed E-state index contributed by atoms with van der Waals surface area (Å²) in [4.78, 5) is 27.6. The Morgan fingerprint density at radius 3 is 2.50 bits per heavy atom. The van der Waals surface area contributed by atoms with Gasteiger partial charge < -0.3 is 14.9 Å². The van der Waals surface area contributed by atoms with E-state index in [2.05, 4.69) is 14.9 Å². The lowest BCUT2D eigenvalue weighted by molar-refractivity contribution is 0.0376. The van der Waals surface area contributed by atoms with Gasteiger partial charge in [0.1, 0.15) is 0 Å². The van der Waals surface area contributed by atoms with Crippen molar-refractivity contribution in [2.75, 3.05) is 44.2 Å². The lowest BCUT2D eigenvalue weighted by Gasteiger charge is -2.38. The average Bonchev–Trinajstić information content (AvgIpc) is 3.10. The Labute approximate surface area is 169 Å². The molecule has 28 heavy (non-hydrogen) atoms. The fourth-order valence-corrected chi connectivity index (χ4v) is 4.04. The molecule has 2 aliphatic heterocycles. The zero-order chi connectivity index (χ0) is 19.7. The summed E-state index contributed by atoms with van der Waals surface area (Å²) in [7, 11) is 0. The van der Waals surface area contributed by atoms with E-state index in [1.807, 2.05) is 22.8 Å². The van der Waals surface area contributed by atoms with Crippen LogP contribution in [0.15, 0.2) is 36.5 Å². The minimum absolute atomic E-state index is 0.0249. The molecule has 7 nitrogen and oxygen atoms in total. The van der Waals surface area contributed by atoms with Crippen molar-refractivity contribution in [3.8, 4) is 0 Å². The molecule has 2 aromatic rings. The zero-order valence-electron chi connectivity index (χ0n) is 15.8. The van der Waals surface area contributed by atoms with E-state index in [1.165, 1.54) is 0 Å². The second-order valence-corrected chi connectivity index (χ2v) is 7.81. The Hall–Kier alpha value is -2.22. The predicted molar refractivity (Wildman–Crippen MR) is 108 cm³/mol. The third-order valence-electron chi connectivity index (χ3n) is 5.49. The molecule has 2 atom stereocenters. The maximum absolute atomic E-state index is 12.7. The molecule has 2 fully saturated rings. The first-order valence-electron chi connectivity index (χ1n) is 9.53. The van der Waals surface area contributed by atoms with Crippen LogP contribution < -0.4 is 4.90 Å². The number of carbonyl (C=O) groups is 1. The van der Waals surface area contributed by atoms with Crippen LogP contribution in [0.3, 0.4) is 0 Å². The summed E-state index contributed by atoms with van der Waals surface area (Å²) in [5.74, 6) is 0.691. The molecule has 8 heteroatoms. The van der Waals surface area contributed by atoms with E-state index >= 15 is 0 Å². The number of carbonyl (C=O) groups excluding carboxylic acids is 1. The van der Waals surface area contributed by atoms with Crippen LogP contribution in [0.2, 0.25) is 5.02 Å². The Morgan fingerprint density at radius 1 is 1.11 bits per heavy atom. The van der Waals surface area contributed by atoms with E-state index in [4.69, 9.17) is 11.6 Å². The molecule has 2 saturated heterocycles. The summed E-state index contributed by atoms with van der Waals surface area (Å²) in [5, 5.41) is 11.2. The van der Waals surface area contributed by atoms with E-state index < -0.39 is 6.10 Å². The number of aliphatic hydroxyl groups excluding tert-OH is 1. The summed E-state index contributed by atoms with van der Waals surface area (Å²) in [5.41, 5.74) is 1.57. The van der Waals surface area contributed by atoms with Crippen molar-refractivity contribution in [3.05, 3.63) is 52.8 Å². The highest BCUT2D eigenvalue weighted by Crippen LogP contribution is 2.22. The Kier molecular flexibility index (Phi) is 5.48. The highest BCUT2D eigenvalue weighted by atomic mass is 35.5. The number of hydrogen-bond donors (Lipinski definition) is 1. The van der Waals surface area contributed by atoms with Crippen molar-refractivity contribution >= 4 is 23.5 Å². The molecule has 0 unspecified atom stereocenters. The molecule has 2 aliphatic rings. The van der Waals surface area contributed by atoms with E-state index in [0.717, 1.165) is 18.8 Å². The second kappa shape index (κ2) is 8.03. The van der Waals surface area contributed by atoms with E-state index in [-0.39, 0.29) is 11.9 Å². The van der Waals surface area contributed by atoms with E-state index in [9.17, 15) is 9.90 Å². The fourth-order valence-electron chi connectivity index (χ4n) is 3.91. The van der Waals surface area contributed by atoms with Gasteiger partial charge >= 0.3 is 0 Å². The normalized spacial score (nSPS) is 23.2. The highest BCUT2D eigenvalue weighted by molar-refractivity contribution is 6.30. The summed E-state index contributed by atoms with van der Waals surface area (Å²) < 4.78 is 0. The van der Waals surface area contributed by atoms with Gasteiger partial charge in [-0.2, -0.15) is 0 Å². The molecule has 0 saturated carbocycles. The number of nitrogens with zero attached hydrogens (tertiary/aromatic N) is 5. The molecule has 1 amide bonds. The number of aliphatic hydroxyl groups is 1. The van der Waals surface area contributed by atoms with Crippen LogP contribution in [0.25, 0.3) is 0 Å². The van der Waals surface area contributed by atoms with Gasteiger partial charge in [0.2, 0.25) is 5.95 Å². The Morgan fingerprint density at radius 2 is 1.82 bits per heavy atom. The second-order valence-electron chi connectivity index (χ2n) is 7.37. The maximum Gasteiger partial charge on any atom is 0.253 e. The molecule has 148 valence electrons. The topological polar surface area (TPSA) is 72.8 Å². The van der Waals surface area contributed by atoms with Gasteiger partial charge in [-0.05, 0) is 37.3 Å². The monoisotopic (exact) mass is 401 g/mol. The summed E-state index contributed by atoms with van der Waals surface area (Å²) >= 11 is 5.90. The van der Waals surface area contributed by atoms with Crippen molar-refractivity contribution in [3.63, 3.8) is 0 Å². The van der Waals surface area contributed by atoms with E-state index in [0.29, 0.717) is 42.7 Å². The van der Waals surface area contributed by atoms with Crippen molar-refractivity contribution in [1.29, 1.82) is 0 Å². The van der Waals surface area contributed by atoms with Crippen LogP contribution in [0, 0.1) is 6.92 Å². The number of anilines is 1. The molecular weight excluding hydrogens is 378 g/mol. The zero-order valence-corrected chi connectivity index (χ0v) is 16.6. The first-order valence-corrected chi connectivity index (χ1v) is 9.90. The number of amides is 1. The first kappa shape index (κ1) is 19.1. The van der Waals surface area contributed by atoms with Gasteiger partial charge in [0.05, 0.1) is 12.1 Å². The summed E-state index contributed by atoms with van der Waals surface area (Å²) in [6.07, 6.45) is 1.29. The minimum Gasteiger partial charge on any atom is -0.390 e. The number of halogens is 1. The molecule has 0 radical (unpaired) electrons. The number of hydrogen-bond acceptors (Lipinski definition) is 6. The predicted octanol–water partition coefficient (Wildman–Crippen LogP) is 1.45. The molecule has 1 N–H and O–H groups in total. The van der Waals surface area contributed by atoms with Gasteiger partial charge in [-0.25, -0.2) is 9.97 Å². The van der Waals surface area contributed by atoms with Crippen LogP contribution in [0.5, 0.6) is 0 Å². The fraction of sp³-hybridized carbons (Fsp3) is 0.450. The summed E-state index contributed by atoms with van der Waals surface area (Å²) in [6.45, 7) is 5.92. The smallest absolute Gasteiger partial charge is 0.253 e. The van der Waals surface area contributed by atoms with Crippen LogP contribution in [0.1, 0.15) is 16.1 Å². The highest BCUT2D eigenvalue weighted by Gasteiger charge is 2.38. The SMILES string of the molecule is Cc1ccnc(N2C[C@H](O)[C@@H](N3CCN(C(=O)c4ccc(Cl)cc4)CC3)C2)n1. The largest absolute Gasteiger partial charge is 0.390 e. The van der Waals surface area contributed by atoms with Crippen molar-refractivity contribution in [2.45, 2.75) is 19.1 Å². The first-order chi connectivity index (χ1) is 13.5. The maximum atomic E-state index is 12.7. The number of rotatable bonds is 3.